The van der Waals surface area contributed by atoms with Crippen LogP contribution < -0.4 is 15.2 Å². The average Bonchev–Trinajstić information content (AvgIpc) is 3.28. The first-order valence-corrected chi connectivity index (χ1v) is 12.5. The second-order valence-electron chi connectivity index (χ2n) is 8.80. The number of nitrogens with zero attached hydrogens (tertiary/aromatic N) is 2. The second-order valence-corrected chi connectivity index (χ2v) is 10.9. The summed E-state index contributed by atoms with van der Waals surface area (Å²) in [6, 6.07) is 16.2. The van der Waals surface area contributed by atoms with Crippen LogP contribution in [0.5, 0.6) is 0 Å². The molecule has 1 saturated carbocycles. The molecule has 0 N–H and O–H groups in total. The lowest BCUT2D eigenvalue weighted by Crippen LogP contribution is -2.37. The molecule has 0 spiro atoms. The molecule has 6 rings (SSSR count). The van der Waals surface area contributed by atoms with Crippen LogP contribution in [0.2, 0.25) is 0 Å². The van der Waals surface area contributed by atoms with Gasteiger partial charge in [-0.15, -0.1) is 0 Å². The quantitative estimate of drug-likeness (QED) is 0.318. The van der Waals surface area contributed by atoms with Crippen molar-refractivity contribution in [2.75, 3.05) is 6.66 Å². The third-order valence-corrected chi connectivity index (χ3v) is 9.30. The summed E-state index contributed by atoms with van der Waals surface area (Å²) in [6.45, 7) is 4.75. The number of benzene rings is 3. The molecule has 2 aliphatic rings. The van der Waals surface area contributed by atoms with E-state index in [0.717, 1.165) is 5.92 Å². The van der Waals surface area contributed by atoms with Crippen molar-refractivity contribution < 1.29 is 4.57 Å². The molecule has 3 aromatic carbocycles. The topological polar surface area (TPSA) is 16.8 Å². The molecule has 3 heteroatoms. The van der Waals surface area contributed by atoms with E-state index in [1.807, 2.05) is 6.33 Å². The van der Waals surface area contributed by atoms with Gasteiger partial charge in [-0.1, -0.05) is 37.1 Å². The van der Waals surface area contributed by atoms with Crippen LogP contribution in [0.15, 0.2) is 48.8 Å². The van der Waals surface area contributed by atoms with Crippen LogP contribution >= 0.6 is 7.92 Å². The predicted molar refractivity (Wildman–Crippen MR) is 124 cm³/mol. The van der Waals surface area contributed by atoms with E-state index in [-0.39, 0.29) is 0 Å². The van der Waals surface area contributed by atoms with Crippen molar-refractivity contribution in [1.82, 2.24) is 4.98 Å². The van der Waals surface area contributed by atoms with E-state index in [4.69, 9.17) is 4.98 Å². The molecule has 1 atom stereocenters. The molecule has 2 heterocycles. The molecule has 4 aromatic rings. The highest BCUT2D eigenvalue weighted by Crippen LogP contribution is 2.46. The fraction of sp³-hybridized carbons (Fsp3) is 0.308. The van der Waals surface area contributed by atoms with Gasteiger partial charge < -0.3 is 0 Å². The standard InChI is InChI=1S/C26H26N2P/c1-16-20-11-7-6-10-18(20)13-22-24(16)26-25-21(27-15-28(26)2)12-19(14-23(25)29(22)3)17-8-4-5-9-17/h6-7,10-15,17H,4-5,8-9H2,1-3H3/q+1. The van der Waals surface area contributed by atoms with Crippen LogP contribution in [0.4, 0.5) is 0 Å². The lowest BCUT2D eigenvalue weighted by molar-refractivity contribution is -0.662. The molecule has 0 saturated heterocycles. The van der Waals surface area contributed by atoms with Crippen molar-refractivity contribution in [2.45, 2.75) is 38.5 Å². The summed E-state index contributed by atoms with van der Waals surface area (Å²) < 4.78 is 2.24. The van der Waals surface area contributed by atoms with E-state index < -0.39 is 7.92 Å². The lowest BCUT2D eigenvalue weighted by atomic mass is 9.92. The molecular weight excluding hydrogens is 371 g/mol. The second kappa shape index (κ2) is 6.34. The maximum atomic E-state index is 4.89. The molecule has 144 valence electrons. The summed E-state index contributed by atoms with van der Waals surface area (Å²) in [5, 5.41) is 7.17. The molecule has 0 radical (unpaired) electrons. The van der Waals surface area contributed by atoms with Gasteiger partial charge in [-0.3, -0.25) is 0 Å². The summed E-state index contributed by atoms with van der Waals surface area (Å²) in [5.74, 6) is 0.720. The third kappa shape index (κ3) is 2.45. The van der Waals surface area contributed by atoms with Crippen LogP contribution in [-0.4, -0.2) is 11.6 Å². The van der Waals surface area contributed by atoms with E-state index in [1.165, 1.54) is 80.4 Å². The van der Waals surface area contributed by atoms with Gasteiger partial charge in [-0.05, 0) is 96.0 Å². The summed E-state index contributed by atoms with van der Waals surface area (Å²) in [4.78, 5) is 4.89. The molecule has 1 aliphatic heterocycles. The number of rotatable bonds is 1. The molecule has 1 fully saturated rings. The zero-order valence-corrected chi connectivity index (χ0v) is 18.3. The smallest absolute Gasteiger partial charge is 0.232 e. The highest BCUT2D eigenvalue weighted by Gasteiger charge is 2.33. The average molecular weight is 397 g/mol. The molecule has 1 unspecified atom stereocenters. The predicted octanol–water partition coefficient (Wildman–Crippen LogP) is 5.22. The minimum Gasteiger partial charge on any atom is -0.232 e. The molecule has 1 aromatic heterocycles. The Morgan fingerprint density at radius 3 is 2.66 bits per heavy atom. The zero-order valence-electron chi connectivity index (χ0n) is 17.4. The van der Waals surface area contributed by atoms with Crippen molar-refractivity contribution in [1.29, 1.82) is 0 Å². The van der Waals surface area contributed by atoms with Gasteiger partial charge >= 0.3 is 0 Å². The maximum absolute atomic E-state index is 4.89. The van der Waals surface area contributed by atoms with E-state index in [2.05, 4.69) is 67.7 Å². The maximum Gasteiger partial charge on any atom is 0.287 e. The minimum atomic E-state index is -0.398. The van der Waals surface area contributed by atoms with Gasteiger partial charge in [0.25, 0.3) is 6.33 Å². The summed E-state index contributed by atoms with van der Waals surface area (Å²) in [6.07, 6.45) is 7.42. The van der Waals surface area contributed by atoms with Gasteiger partial charge in [0.1, 0.15) is 5.69 Å². The Morgan fingerprint density at radius 1 is 1.03 bits per heavy atom. The van der Waals surface area contributed by atoms with Crippen molar-refractivity contribution in [3.05, 3.63) is 59.9 Å². The molecule has 1 aliphatic carbocycles. The Hall–Kier alpha value is -2.31. The van der Waals surface area contributed by atoms with Crippen LogP contribution in [0, 0.1) is 6.92 Å². The molecular formula is C26H26N2P+. The van der Waals surface area contributed by atoms with E-state index >= 15 is 0 Å². The third-order valence-electron chi connectivity index (χ3n) is 7.15. The van der Waals surface area contributed by atoms with Crippen molar-refractivity contribution >= 4 is 40.2 Å². The summed E-state index contributed by atoms with van der Waals surface area (Å²) in [5.41, 5.74) is 6.90. The zero-order chi connectivity index (χ0) is 19.7. The first kappa shape index (κ1) is 17.5. The first-order chi connectivity index (χ1) is 14.1. The molecule has 29 heavy (non-hydrogen) atoms. The molecule has 0 bridgehead atoms. The Bertz CT molecular complexity index is 1300. The normalized spacial score (nSPS) is 18.5. The fourth-order valence-corrected chi connectivity index (χ4v) is 7.72. The van der Waals surface area contributed by atoms with Gasteiger partial charge in [0.05, 0.1) is 12.4 Å². The summed E-state index contributed by atoms with van der Waals surface area (Å²) >= 11 is 0. The van der Waals surface area contributed by atoms with E-state index in [0.29, 0.717) is 0 Å². The number of aromatic nitrogens is 2. The van der Waals surface area contributed by atoms with Crippen molar-refractivity contribution in [2.24, 2.45) is 7.05 Å². The van der Waals surface area contributed by atoms with E-state index in [1.54, 1.807) is 0 Å². The number of aryl methyl sites for hydroxylation is 2. The molecule has 0 amide bonds. The van der Waals surface area contributed by atoms with Gasteiger partial charge in [0.2, 0.25) is 0 Å². The van der Waals surface area contributed by atoms with Gasteiger partial charge in [0, 0.05) is 5.56 Å². The van der Waals surface area contributed by atoms with Crippen LogP contribution in [0.1, 0.15) is 42.7 Å². The monoisotopic (exact) mass is 397 g/mol. The summed E-state index contributed by atoms with van der Waals surface area (Å²) in [7, 11) is 1.75. The van der Waals surface area contributed by atoms with Crippen LogP contribution in [0.3, 0.4) is 0 Å². The fourth-order valence-electron chi connectivity index (χ4n) is 5.62. The largest absolute Gasteiger partial charge is 0.287 e. The lowest BCUT2D eigenvalue weighted by Gasteiger charge is -2.28. The number of fused-ring (bicyclic) bond motifs is 3. The van der Waals surface area contributed by atoms with Gasteiger partial charge in [0.15, 0.2) is 5.52 Å². The highest BCUT2D eigenvalue weighted by atomic mass is 31.1. The van der Waals surface area contributed by atoms with Crippen LogP contribution in [-0.2, 0) is 7.05 Å². The minimum absolute atomic E-state index is 0.398. The van der Waals surface area contributed by atoms with E-state index in [9.17, 15) is 0 Å². The SMILES string of the molecule is Cc1c2c(cc3ccccc13)P(C)c1cc(C3CCCC3)cc3nc[n+](C)c-2c13. The Labute approximate surface area is 173 Å². The number of hydrogen-bond acceptors (Lipinski definition) is 1. The highest BCUT2D eigenvalue weighted by molar-refractivity contribution is 7.73. The van der Waals surface area contributed by atoms with Gasteiger partial charge in [-0.2, -0.15) is 0 Å². The van der Waals surface area contributed by atoms with Crippen molar-refractivity contribution in [3.8, 4) is 11.3 Å². The van der Waals surface area contributed by atoms with Crippen LogP contribution in [0.25, 0.3) is 32.9 Å². The Morgan fingerprint density at radius 2 is 1.83 bits per heavy atom. The number of hydrogen-bond donors (Lipinski definition) is 0. The Balaban J connectivity index is 1.73. The molecule has 2 nitrogen and oxygen atoms in total. The Kier molecular flexibility index (Phi) is 3.84. The van der Waals surface area contributed by atoms with Gasteiger partial charge in [-0.25, -0.2) is 4.57 Å². The van der Waals surface area contributed by atoms with Crippen molar-refractivity contribution in [3.63, 3.8) is 0 Å². The first-order valence-electron chi connectivity index (χ1n) is 10.7.